The van der Waals surface area contributed by atoms with Gasteiger partial charge < -0.3 is 0 Å². The molecular formula is C10H6Cl2N6S. The van der Waals surface area contributed by atoms with Crippen molar-refractivity contribution in [1.29, 1.82) is 0 Å². The standard InChI is InChI=1S/C10H6Cl2N6S/c11-7-1-2-8(17-15-7)16-13-5-6-9(12)14-10-18(6)3-4-19-10/h1-5H,(H,16,17)/b13-5+. The van der Waals surface area contributed by atoms with Crippen LogP contribution < -0.4 is 5.43 Å². The van der Waals surface area contributed by atoms with Crippen molar-refractivity contribution in [2.24, 2.45) is 5.10 Å². The molecule has 0 atom stereocenters. The predicted octanol–water partition coefficient (Wildman–Crippen LogP) is 2.94. The van der Waals surface area contributed by atoms with Gasteiger partial charge in [-0.15, -0.1) is 21.5 Å². The van der Waals surface area contributed by atoms with Gasteiger partial charge in [-0.3, -0.25) is 9.83 Å². The maximum Gasteiger partial charge on any atom is 0.195 e. The van der Waals surface area contributed by atoms with E-state index in [-0.39, 0.29) is 0 Å². The Labute approximate surface area is 121 Å². The van der Waals surface area contributed by atoms with Crippen LogP contribution in [0.5, 0.6) is 0 Å². The second-order valence-electron chi connectivity index (χ2n) is 3.45. The quantitative estimate of drug-likeness (QED) is 0.596. The van der Waals surface area contributed by atoms with E-state index in [0.717, 1.165) is 4.96 Å². The van der Waals surface area contributed by atoms with E-state index in [1.807, 2.05) is 16.0 Å². The van der Waals surface area contributed by atoms with Crippen LogP contribution in [0.2, 0.25) is 10.3 Å². The molecule has 0 saturated heterocycles. The first kappa shape index (κ1) is 12.3. The number of imidazole rings is 1. The van der Waals surface area contributed by atoms with Gasteiger partial charge in [0, 0.05) is 11.6 Å². The molecule has 0 aromatic carbocycles. The van der Waals surface area contributed by atoms with Crippen LogP contribution in [0.15, 0.2) is 28.8 Å². The van der Waals surface area contributed by atoms with Crippen molar-refractivity contribution < 1.29 is 0 Å². The van der Waals surface area contributed by atoms with Gasteiger partial charge in [-0.2, -0.15) is 5.10 Å². The van der Waals surface area contributed by atoms with Crippen LogP contribution in [-0.4, -0.2) is 25.8 Å². The molecule has 0 aliphatic rings. The Bertz CT molecular complexity index is 732. The fourth-order valence-electron chi connectivity index (χ4n) is 1.43. The molecule has 0 aliphatic carbocycles. The van der Waals surface area contributed by atoms with E-state index in [9.17, 15) is 0 Å². The van der Waals surface area contributed by atoms with E-state index in [2.05, 4.69) is 25.7 Å². The molecule has 0 spiro atoms. The van der Waals surface area contributed by atoms with E-state index in [0.29, 0.717) is 21.8 Å². The van der Waals surface area contributed by atoms with Gasteiger partial charge in [-0.1, -0.05) is 23.2 Å². The Hall–Kier alpha value is -1.70. The van der Waals surface area contributed by atoms with Gasteiger partial charge in [0.15, 0.2) is 21.1 Å². The molecule has 0 saturated carbocycles. The second-order valence-corrected chi connectivity index (χ2v) is 5.07. The van der Waals surface area contributed by atoms with E-state index in [1.165, 1.54) is 11.3 Å². The van der Waals surface area contributed by atoms with Crippen LogP contribution in [-0.2, 0) is 0 Å². The average Bonchev–Trinajstić information content (AvgIpc) is 2.94. The average molecular weight is 313 g/mol. The van der Waals surface area contributed by atoms with Gasteiger partial charge in [0.2, 0.25) is 0 Å². The van der Waals surface area contributed by atoms with Gasteiger partial charge >= 0.3 is 0 Å². The molecule has 96 valence electrons. The highest BCUT2D eigenvalue weighted by Gasteiger charge is 2.08. The van der Waals surface area contributed by atoms with E-state index in [1.54, 1.807) is 18.3 Å². The zero-order valence-electron chi connectivity index (χ0n) is 9.29. The normalized spacial score (nSPS) is 11.5. The number of hydrazone groups is 1. The number of nitrogens with zero attached hydrogens (tertiary/aromatic N) is 5. The van der Waals surface area contributed by atoms with Crippen molar-refractivity contribution >= 4 is 51.5 Å². The smallest absolute Gasteiger partial charge is 0.195 e. The third kappa shape index (κ3) is 2.53. The summed E-state index contributed by atoms with van der Waals surface area (Å²) in [5.41, 5.74) is 3.44. The SMILES string of the molecule is Clc1ccc(N/N=C/c2c(Cl)nc3sccn23)nn1. The number of rotatable bonds is 3. The Balaban J connectivity index is 1.80. The summed E-state index contributed by atoms with van der Waals surface area (Å²) in [5.74, 6) is 0.489. The monoisotopic (exact) mass is 312 g/mol. The summed E-state index contributed by atoms with van der Waals surface area (Å²) in [7, 11) is 0. The highest BCUT2D eigenvalue weighted by molar-refractivity contribution is 7.15. The molecule has 3 aromatic rings. The molecule has 3 aromatic heterocycles. The van der Waals surface area contributed by atoms with Crippen LogP contribution in [0.3, 0.4) is 0 Å². The van der Waals surface area contributed by atoms with Gasteiger partial charge in [0.25, 0.3) is 0 Å². The first-order chi connectivity index (χ1) is 9.24. The van der Waals surface area contributed by atoms with Crippen LogP contribution in [0, 0.1) is 0 Å². The lowest BCUT2D eigenvalue weighted by Crippen LogP contribution is -1.96. The van der Waals surface area contributed by atoms with Crippen LogP contribution in [0.25, 0.3) is 4.96 Å². The molecule has 6 nitrogen and oxygen atoms in total. The lowest BCUT2D eigenvalue weighted by molar-refractivity contribution is 1.02. The number of hydrogen-bond acceptors (Lipinski definition) is 6. The van der Waals surface area contributed by atoms with Crippen molar-refractivity contribution in [2.75, 3.05) is 5.43 Å². The highest BCUT2D eigenvalue weighted by atomic mass is 35.5. The van der Waals surface area contributed by atoms with Crippen molar-refractivity contribution in [2.45, 2.75) is 0 Å². The maximum absolute atomic E-state index is 6.02. The summed E-state index contributed by atoms with van der Waals surface area (Å²) in [4.78, 5) is 5.01. The number of anilines is 1. The fourth-order valence-corrected chi connectivity index (χ4v) is 2.52. The predicted molar refractivity (Wildman–Crippen MR) is 76.3 cm³/mol. The Morgan fingerprint density at radius 2 is 2.21 bits per heavy atom. The molecule has 0 amide bonds. The van der Waals surface area contributed by atoms with Crippen molar-refractivity contribution in [3.63, 3.8) is 0 Å². The van der Waals surface area contributed by atoms with Crippen LogP contribution in [0.1, 0.15) is 5.69 Å². The maximum atomic E-state index is 6.02. The molecule has 0 bridgehead atoms. The third-order valence-electron chi connectivity index (χ3n) is 2.25. The van der Waals surface area contributed by atoms with Crippen molar-refractivity contribution in [3.05, 3.63) is 39.7 Å². The summed E-state index contributed by atoms with van der Waals surface area (Å²) in [6, 6.07) is 3.29. The van der Waals surface area contributed by atoms with Crippen LogP contribution >= 0.6 is 34.5 Å². The first-order valence-corrected chi connectivity index (χ1v) is 6.77. The fraction of sp³-hybridized carbons (Fsp3) is 0. The molecule has 3 rings (SSSR count). The zero-order valence-corrected chi connectivity index (χ0v) is 11.6. The molecule has 0 aliphatic heterocycles. The van der Waals surface area contributed by atoms with Crippen molar-refractivity contribution in [3.8, 4) is 0 Å². The van der Waals surface area contributed by atoms with Gasteiger partial charge in [-0.05, 0) is 12.1 Å². The number of halogens is 2. The molecule has 3 heterocycles. The number of fused-ring (bicyclic) bond motifs is 1. The Morgan fingerprint density at radius 1 is 1.32 bits per heavy atom. The van der Waals surface area contributed by atoms with E-state index >= 15 is 0 Å². The Kier molecular flexibility index (Phi) is 3.33. The summed E-state index contributed by atoms with van der Waals surface area (Å²) >= 11 is 13.2. The number of nitrogens with one attached hydrogen (secondary N) is 1. The van der Waals surface area contributed by atoms with E-state index in [4.69, 9.17) is 23.2 Å². The topological polar surface area (TPSA) is 67.5 Å². The lowest BCUT2D eigenvalue weighted by atomic mass is 10.5. The van der Waals surface area contributed by atoms with E-state index < -0.39 is 0 Å². The van der Waals surface area contributed by atoms with Crippen molar-refractivity contribution in [1.82, 2.24) is 19.6 Å². The Morgan fingerprint density at radius 3 is 3.00 bits per heavy atom. The number of thiazole rings is 1. The number of hydrogen-bond donors (Lipinski definition) is 1. The molecule has 0 radical (unpaired) electrons. The second kappa shape index (κ2) is 5.12. The lowest BCUT2D eigenvalue weighted by Gasteiger charge is -1.97. The largest absolute Gasteiger partial charge is 0.288 e. The van der Waals surface area contributed by atoms with Gasteiger partial charge in [0.05, 0.1) is 6.21 Å². The molecule has 0 fully saturated rings. The molecule has 9 heteroatoms. The third-order valence-corrected chi connectivity index (χ3v) is 3.49. The number of aromatic nitrogens is 4. The van der Waals surface area contributed by atoms with Gasteiger partial charge in [0.1, 0.15) is 5.69 Å². The molecule has 0 unspecified atom stereocenters. The summed E-state index contributed by atoms with van der Waals surface area (Å²) in [6.45, 7) is 0. The zero-order chi connectivity index (χ0) is 13.2. The molecule has 1 N–H and O–H groups in total. The minimum Gasteiger partial charge on any atom is -0.288 e. The molecule has 19 heavy (non-hydrogen) atoms. The van der Waals surface area contributed by atoms with Gasteiger partial charge in [-0.25, -0.2) is 4.98 Å². The summed E-state index contributed by atoms with van der Waals surface area (Å²) in [6.07, 6.45) is 3.45. The molecular weight excluding hydrogens is 307 g/mol. The minimum atomic E-state index is 0.327. The first-order valence-electron chi connectivity index (χ1n) is 5.13. The summed E-state index contributed by atoms with van der Waals surface area (Å²) in [5, 5.41) is 14.2. The van der Waals surface area contributed by atoms with Crippen LogP contribution in [0.4, 0.5) is 5.82 Å². The minimum absolute atomic E-state index is 0.327. The summed E-state index contributed by atoms with van der Waals surface area (Å²) < 4.78 is 1.85. The highest BCUT2D eigenvalue weighted by Crippen LogP contribution is 2.19.